The standard InChI is InChI=1S/C19H24N2O4S2.C19H24N2O3S2.C18H23N3O4S2.2C18H22N2O4S2/c1-15-10-12-21(13-11-15)19-9-4-3-8-18(19)20-27(24,25)17-7-5-6-16(14-17)26(2,22)23;1-25(22,18-7-6-8-19(15-18)26(2,23)24)20-16-9-11-17(12-10-16)21-13-4-3-5-14-21;1-20-10-12-21(13-11-20)18-9-4-3-8-17(18)19-27(24,25)16-7-5-6-15(14-16)26(2,22)23;1-25(21,22)15-8-7-9-16(14-15)26(23,24)19-17-10-3-4-11-18(17)20-12-5-2-6-13-20;1-25(21,22)17-9-6-10-18(14-17)26(23,24)19-15-7-5-8-16(13-15)20-11-3-2-4-12-20/h3-9,14-15,20H,10-13H2,1-2H3;6-12,15H,1,3-5,13-14H2,2H3,(H,20,22);3-9,14,19H,10-13H2,1-2H3;3-4,7-11,14,19H,2,5-6,12-13H2,1H3;5-10,13-14,19H,2-4,11-12H2,1H3. The topological polar surface area (TPSA) is 404 Å². The van der Waals surface area contributed by atoms with Crippen molar-refractivity contribution in [2.45, 2.75) is 127 Å². The number of hydrogen-bond acceptors (Lipinski definition) is 25. The molecular weight excluding hydrogens is 1880 g/mol. The van der Waals surface area contributed by atoms with Gasteiger partial charge in [0, 0.05) is 127 Å². The number of benzene rings is 10. The molecule has 0 saturated carbocycles. The van der Waals surface area contributed by atoms with Gasteiger partial charge in [0.15, 0.2) is 49.2 Å². The molecule has 0 radical (unpaired) electrons. The molecular formula is C92H115N11O19S10. The highest BCUT2D eigenvalue weighted by molar-refractivity contribution is 8.01. The number of anilines is 10. The van der Waals surface area contributed by atoms with Crippen LogP contribution in [-0.4, -0.2) is 208 Å². The van der Waals surface area contributed by atoms with Crippen molar-refractivity contribution >= 4 is 162 Å². The summed E-state index contributed by atoms with van der Waals surface area (Å²) in [6.45, 7) is 13.2. The van der Waals surface area contributed by atoms with Crippen LogP contribution in [0.5, 0.6) is 0 Å². The largest absolute Gasteiger partial charge is 0.372 e. The van der Waals surface area contributed by atoms with E-state index in [-0.39, 0.29) is 44.1 Å². The van der Waals surface area contributed by atoms with Gasteiger partial charge in [-0.25, -0.2) is 80.0 Å². The molecule has 10 aromatic rings. The molecule has 1 unspecified atom stereocenters. The predicted molar refractivity (Wildman–Crippen MR) is 529 cm³/mol. The van der Waals surface area contributed by atoms with Gasteiger partial charge >= 0.3 is 0 Å². The van der Waals surface area contributed by atoms with Crippen LogP contribution >= 0.6 is 0 Å². The lowest BCUT2D eigenvalue weighted by Gasteiger charge is -2.35. The number of nitrogens with one attached hydrogen (secondary N) is 5. The zero-order valence-electron chi connectivity index (χ0n) is 74.7. The van der Waals surface area contributed by atoms with Crippen molar-refractivity contribution in [3.63, 3.8) is 0 Å². The van der Waals surface area contributed by atoms with E-state index in [1.165, 1.54) is 141 Å². The number of piperidine rings is 4. The number of rotatable bonds is 25. The maximum atomic E-state index is 13.0. The van der Waals surface area contributed by atoms with E-state index in [0.29, 0.717) is 39.3 Å². The van der Waals surface area contributed by atoms with Gasteiger partial charge in [0.2, 0.25) is 0 Å². The number of sulfonamides is 4. The normalized spacial score (nSPS) is 16.3. The Bertz CT molecular complexity index is 6790. The van der Waals surface area contributed by atoms with Crippen LogP contribution in [0.25, 0.3) is 0 Å². The fourth-order valence-electron chi connectivity index (χ4n) is 15.2. The number of hydrogen-bond donors (Lipinski definition) is 5. The fourth-order valence-corrected chi connectivity index (χ4v) is 24.6. The van der Waals surface area contributed by atoms with E-state index in [4.69, 9.17) is 0 Å². The Balaban J connectivity index is 0.000000159. The predicted octanol–water partition coefficient (Wildman–Crippen LogP) is 13.7. The Morgan fingerprint density at radius 2 is 0.530 bits per heavy atom. The molecule has 5 N–H and O–H groups in total. The van der Waals surface area contributed by atoms with Crippen LogP contribution in [0.1, 0.15) is 77.6 Å². The molecule has 5 saturated heterocycles. The summed E-state index contributed by atoms with van der Waals surface area (Å²) < 4.78 is 246. The second-order valence-corrected chi connectivity index (χ2v) is 52.0. The summed E-state index contributed by atoms with van der Waals surface area (Å²) in [5, 5.41) is 0. The Labute approximate surface area is 780 Å². The van der Waals surface area contributed by atoms with Crippen LogP contribution in [0.3, 0.4) is 0 Å². The monoisotopic (exact) mass is 2000 g/mol. The lowest BCUT2D eigenvalue weighted by atomic mass is 9.98. The number of nitrogens with zero attached hydrogens (tertiary/aromatic N) is 6. The van der Waals surface area contributed by atoms with Crippen LogP contribution in [0.2, 0.25) is 0 Å². The molecule has 15 rings (SSSR count). The maximum absolute atomic E-state index is 13.0. The van der Waals surface area contributed by atoms with Gasteiger partial charge in [0.25, 0.3) is 40.1 Å². The third-order valence-electron chi connectivity index (χ3n) is 22.6. The average Bonchev–Trinajstić information content (AvgIpc) is 0.802. The summed E-state index contributed by atoms with van der Waals surface area (Å²) in [7, 11) is -33.7. The van der Waals surface area contributed by atoms with Crippen molar-refractivity contribution in [2.24, 2.45) is 5.92 Å². The highest BCUT2D eigenvalue weighted by Gasteiger charge is 2.28. The van der Waals surface area contributed by atoms with E-state index in [0.717, 1.165) is 177 Å². The molecule has 712 valence electrons. The molecule has 5 fully saturated rings. The van der Waals surface area contributed by atoms with Gasteiger partial charge in [-0.2, -0.15) is 0 Å². The van der Waals surface area contributed by atoms with E-state index in [9.17, 15) is 80.0 Å². The second-order valence-electron chi connectivity index (χ2n) is 33.2. The molecule has 0 amide bonds. The number of sulfone groups is 5. The molecule has 5 heterocycles. The smallest absolute Gasteiger partial charge is 0.262 e. The van der Waals surface area contributed by atoms with E-state index < -0.39 is 99.0 Å². The summed E-state index contributed by atoms with van der Waals surface area (Å²) in [5.74, 6) is 4.45. The highest BCUT2D eigenvalue weighted by atomic mass is 32.2. The summed E-state index contributed by atoms with van der Waals surface area (Å²) >= 11 is 0. The molecule has 1 atom stereocenters. The number of piperazine rings is 1. The average molecular weight is 2000 g/mol. The maximum Gasteiger partial charge on any atom is 0.262 e. The van der Waals surface area contributed by atoms with E-state index >= 15 is 0 Å². The molecule has 5 aliphatic rings. The van der Waals surface area contributed by atoms with Crippen molar-refractivity contribution in [1.29, 1.82) is 0 Å². The summed E-state index contributed by atoms with van der Waals surface area (Å²) in [6.07, 6.45) is 18.0. The third-order valence-corrected chi connectivity index (χ3v) is 35.2. The molecule has 40 heteroatoms. The minimum Gasteiger partial charge on any atom is -0.372 e. The fraction of sp³-hybridized carbons (Fsp3) is 0.337. The molecule has 0 bridgehead atoms. The van der Waals surface area contributed by atoms with Crippen molar-refractivity contribution in [3.05, 3.63) is 243 Å². The van der Waals surface area contributed by atoms with Gasteiger partial charge in [0.05, 0.1) is 98.5 Å². The van der Waals surface area contributed by atoms with Gasteiger partial charge < -0.3 is 34.1 Å². The molecule has 132 heavy (non-hydrogen) atoms. The van der Waals surface area contributed by atoms with E-state index in [1.807, 2.05) is 78.9 Å². The highest BCUT2D eigenvalue weighted by Crippen LogP contribution is 2.36. The zero-order valence-corrected chi connectivity index (χ0v) is 82.8. The number of para-hydroxylation sites is 6. The molecule has 0 spiro atoms. The van der Waals surface area contributed by atoms with Gasteiger partial charge in [-0.05, 0) is 259 Å². The van der Waals surface area contributed by atoms with Gasteiger partial charge in [-0.3, -0.25) is 18.9 Å². The lowest BCUT2D eigenvalue weighted by Crippen LogP contribution is -2.44. The molecule has 0 aromatic heterocycles. The summed E-state index contributed by atoms with van der Waals surface area (Å²) in [6, 6.07) is 64.5. The second kappa shape index (κ2) is 43.8. The SMILES string of the molecule is C=S(=O)(Nc1ccc(N2CCCCC2)cc1)c1cccc(S(C)(=O)=O)c1.CC1CCN(c2ccccc2NS(=O)(=O)c2cccc(S(C)(=O)=O)c2)CC1.CN1CCN(c2ccccc2NS(=O)(=O)c2cccc(S(C)(=O)=O)c2)CC1.CS(=O)(=O)c1cccc(S(=O)(=O)Nc2cccc(N3CCCCC3)c2)c1.CS(=O)(=O)c1cccc(S(=O)(=O)Nc2ccccc2N2CCCCC2)c1. The van der Waals surface area contributed by atoms with E-state index in [1.54, 1.807) is 54.6 Å². The molecule has 5 aliphatic heterocycles. The minimum atomic E-state index is -3.92. The van der Waals surface area contributed by atoms with Crippen molar-refractivity contribution in [3.8, 4) is 0 Å². The Morgan fingerprint density at radius 1 is 0.250 bits per heavy atom. The van der Waals surface area contributed by atoms with Gasteiger partial charge in [-0.15, -0.1) is 0 Å². The third kappa shape index (κ3) is 28.9. The van der Waals surface area contributed by atoms with Crippen LogP contribution in [0.4, 0.5) is 56.9 Å². The first-order valence-corrected chi connectivity index (χ1v) is 59.9. The summed E-state index contributed by atoms with van der Waals surface area (Å²) in [5.41, 5.74) is 7.26. The first-order valence-electron chi connectivity index (χ1n) is 42.8. The van der Waals surface area contributed by atoms with Crippen molar-refractivity contribution in [1.82, 2.24) is 4.90 Å². The Kier molecular flexibility index (Phi) is 33.9. The lowest BCUT2D eigenvalue weighted by molar-refractivity contribution is 0.313. The Hall–Kier alpha value is -10.3. The van der Waals surface area contributed by atoms with Crippen molar-refractivity contribution < 1.29 is 80.0 Å². The molecule has 30 nitrogen and oxygen atoms in total. The zero-order chi connectivity index (χ0) is 95.7. The Morgan fingerprint density at radius 3 is 0.879 bits per heavy atom. The number of likely N-dealkylation sites (N-methyl/N-ethyl adjacent to an activating group) is 1. The quantitative estimate of drug-likeness (QED) is 0.0332. The molecule has 0 aliphatic carbocycles. The van der Waals surface area contributed by atoms with Crippen LogP contribution in [0.15, 0.2) is 292 Å². The van der Waals surface area contributed by atoms with Gasteiger partial charge in [-0.1, -0.05) is 79.7 Å². The van der Waals surface area contributed by atoms with Gasteiger partial charge in [0.1, 0.15) is 0 Å². The van der Waals surface area contributed by atoms with Crippen LogP contribution < -0.4 is 48.1 Å². The van der Waals surface area contributed by atoms with Crippen LogP contribution in [-0.2, 0) is 99.0 Å². The minimum absolute atomic E-state index is 0.0234. The first kappa shape index (κ1) is 102. The first-order chi connectivity index (χ1) is 62.1. The van der Waals surface area contributed by atoms with Crippen LogP contribution in [0, 0.1) is 5.92 Å². The summed E-state index contributed by atoms with van der Waals surface area (Å²) in [4.78, 5) is 13.4. The van der Waals surface area contributed by atoms with E-state index in [2.05, 4.69) is 72.9 Å². The van der Waals surface area contributed by atoms with Crippen molar-refractivity contribution in [2.75, 3.05) is 165 Å². The molecule has 10 aromatic carbocycles.